The molecule has 0 amide bonds. The molecule has 0 bridgehead atoms. The van der Waals surface area contributed by atoms with Crippen molar-refractivity contribution in [3.63, 3.8) is 0 Å². The van der Waals surface area contributed by atoms with E-state index in [-0.39, 0.29) is 13.2 Å². The second-order valence-electron chi connectivity index (χ2n) is 5.15. The van der Waals surface area contributed by atoms with Gasteiger partial charge in [0, 0.05) is 26.7 Å². The van der Waals surface area contributed by atoms with Gasteiger partial charge in [0.25, 0.3) is 0 Å². The van der Waals surface area contributed by atoms with Crippen molar-refractivity contribution < 1.29 is 19.7 Å². The third-order valence-corrected chi connectivity index (χ3v) is 2.98. The monoisotopic (exact) mass is 298 g/mol. The molecule has 1 rings (SSSR count). The molecular formula is C15H26N2O4. The number of aliphatic hydroxyl groups excluding tert-OH is 2. The van der Waals surface area contributed by atoms with Crippen LogP contribution >= 0.6 is 0 Å². The van der Waals surface area contributed by atoms with Crippen LogP contribution in [0.15, 0.2) is 24.3 Å². The number of methoxy groups -OCH3 is 1. The largest absolute Gasteiger partial charge is 0.491 e. The van der Waals surface area contributed by atoms with E-state index in [1.165, 1.54) is 0 Å². The zero-order chi connectivity index (χ0) is 15.7. The van der Waals surface area contributed by atoms with Crippen LogP contribution in [0.5, 0.6) is 5.75 Å². The van der Waals surface area contributed by atoms with Crippen molar-refractivity contribution in [1.29, 1.82) is 0 Å². The quantitative estimate of drug-likeness (QED) is 0.555. The number of ether oxygens (including phenoxy) is 2. The van der Waals surface area contributed by atoms with Gasteiger partial charge < -0.3 is 30.3 Å². The summed E-state index contributed by atoms with van der Waals surface area (Å²) in [6.45, 7) is 1.78. The molecule has 1 aromatic rings. The highest BCUT2D eigenvalue weighted by molar-refractivity contribution is 5.28. The first-order valence-electron chi connectivity index (χ1n) is 7.00. The van der Waals surface area contributed by atoms with Gasteiger partial charge in [-0.25, -0.2) is 0 Å². The number of hydrogen-bond acceptors (Lipinski definition) is 6. The van der Waals surface area contributed by atoms with E-state index >= 15 is 0 Å². The van der Waals surface area contributed by atoms with Crippen molar-refractivity contribution in [1.82, 2.24) is 4.90 Å². The first-order chi connectivity index (χ1) is 10.0. The minimum atomic E-state index is -0.633. The summed E-state index contributed by atoms with van der Waals surface area (Å²) in [5, 5.41) is 19.6. The summed E-state index contributed by atoms with van der Waals surface area (Å²) >= 11 is 0. The SMILES string of the molecule is COCC(O)CN(C)CC(O)COc1cccc(CN)c1. The molecule has 0 spiro atoms. The van der Waals surface area contributed by atoms with Crippen molar-refractivity contribution >= 4 is 0 Å². The molecule has 120 valence electrons. The van der Waals surface area contributed by atoms with Crippen LogP contribution in [-0.4, -0.2) is 67.8 Å². The summed E-state index contributed by atoms with van der Waals surface area (Å²) in [6, 6.07) is 7.49. The molecule has 6 heteroatoms. The van der Waals surface area contributed by atoms with Gasteiger partial charge in [-0.3, -0.25) is 0 Å². The van der Waals surface area contributed by atoms with E-state index < -0.39 is 12.2 Å². The first kappa shape index (κ1) is 17.9. The van der Waals surface area contributed by atoms with Crippen molar-refractivity contribution in [3.05, 3.63) is 29.8 Å². The molecule has 4 N–H and O–H groups in total. The molecule has 0 saturated heterocycles. The Morgan fingerprint density at radius 2 is 1.86 bits per heavy atom. The maximum atomic E-state index is 9.95. The summed E-state index contributed by atoms with van der Waals surface area (Å²) in [6.07, 6.45) is -1.19. The highest BCUT2D eigenvalue weighted by atomic mass is 16.5. The molecule has 0 aliphatic rings. The lowest BCUT2D eigenvalue weighted by Crippen LogP contribution is -2.38. The summed E-state index contributed by atoms with van der Waals surface area (Å²) in [5.41, 5.74) is 6.55. The van der Waals surface area contributed by atoms with Crippen LogP contribution in [-0.2, 0) is 11.3 Å². The molecule has 0 aromatic heterocycles. The zero-order valence-corrected chi connectivity index (χ0v) is 12.7. The predicted octanol–water partition coefficient (Wildman–Crippen LogP) is -0.176. The number of hydrogen-bond donors (Lipinski definition) is 3. The predicted molar refractivity (Wildman–Crippen MR) is 81.2 cm³/mol. The number of benzene rings is 1. The molecule has 0 aliphatic heterocycles. The third kappa shape index (κ3) is 7.40. The Hall–Kier alpha value is -1.18. The van der Waals surface area contributed by atoms with Crippen LogP contribution in [0.25, 0.3) is 0 Å². The van der Waals surface area contributed by atoms with E-state index in [9.17, 15) is 10.2 Å². The summed E-state index contributed by atoms with van der Waals surface area (Å²) in [4.78, 5) is 1.84. The highest BCUT2D eigenvalue weighted by Crippen LogP contribution is 2.13. The second kappa shape index (κ2) is 9.70. The summed E-state index contributed by atoms with van der Waals surface area (Å²) in [7, 11) is 3.37. The van der Waals surface area contributed by atoms with Crippen LogP contribution in [0, 0.1) is 0 Å². The fraction of sp³-hybridized carbons (Fsp3) is 0.600. The van der Waals surface area contributed by atoms with Crippen molar-refractivity contribution in [2.45, 2.75) is 18.8 Å². The summed E-state index contributed by atoms with van der Waals surface area (Å²) in [5.74, 6) is 0.694. The molecule has 6 nitrogen and oxygen atoms in total. The number of nitrogens with two attached hydrogens (primary N) is 1. The minimum absolute atomic E-state index is 0.193. The Morgan fingerprint density at radius 1 is 1.19 bits per heavy atom. The number of rotatable bonds is 10. The molecule has 0 heterocycles. The average Bonchev–Trinajstić information content (AvgIpc) is 2.45. The van der Waals surface area contributed by atoms with E-state index in [1.807, 2.05) is 36.2 Å². The van der Waals surface area contributed by atoms with Crippen molar-refractivity contribution in [3.8, 4) is 5.75 Å². The fourth-order valence-electron chi connectivity index (χ4n) is 2.05. The van der Waals surface area contributed by atoms with E-state index in [1.54, 1.807) is 7.11 Å². The maximum absolute atomic E-state index is 9.95. The Balaban J connectivity index is 2.31. The third-order valence-electron chi connectivity index (χ3n) is 2.98. The molecular weight excluding hydrogens is 272 g/mol. The van der Waals surface area contributed by atoms with Gasteiger partial charge >= 0.3 is 0 Å². The van der Waals surface area contributed by atoms with Gasteiger partial charge in [-0.1, -0.05) is 12.1 Å². The number of aliphatic hydroxyl groups is 2. The number of likely N-dealkylation sites (N-methyl/N-ethyl adjacent to an activating group) is 1. The van der Waals surface area contributed by atoms with Gasteiger partial charge in [0.2, 0.25) is 0 Å². The molecule has 1 aromatic carbocycles. The minimum Gasteiger partial charge on any atom is -0.491 e. The van der Waals surface area contributed by atoms with E-state index in [2.05, 4.69) is 0 Å². The smallest absolute Gasteiger partial charge is 0.119 e. The first-order valence-corrected chi connectivity index (χ1v) is 7.00. The highest BCUT2D eigenvalue weighted by Gasteiger charge is 2.13. The topological polar surface area (TPSA) is 88.2 Å². The lowest BCUT2D eigenvalue weighted by Gasteiger charge is -2.23. The fourth-order valence-corrected chi connectivity index (χ4v) is 2.05. The maximum Gasteiger partial charge on any atom is 0.119 e. The van der Waals surface area contributed by atoms with Crippen LogP contribution in [0.3, 0.4) is 0 Å². The summed E-state index contributed by atoms with van der Waals surface area (Å²) < 4.78 is 10.4. The Bertz CT molecular complexity index is 403. The second-order valence-corrected chi connectivity index (χ2v) is 5.15. The molecule has 2 atom stereocenters. The Labute approximate surface area is 126 Å². The molecule has 0 aliphatic carbocycles. The lowest BCUT2D eigenvalue weighted by atomic mass is 10.2. The zero-order valence-electron chi connectivity index (χ0n) is 12.7. The molecule has 21 heavy (non-hydrogen) atoms. The molecule has 0 saturated carbocycles. The van der Waals surface area contributed by atoms with Crippen LogP contribution in [0.1, 0.15) is 5.56 Å². The van der Waals surface area contributed by atoms with Gasteiger partial charge in [0.1, 0.15) is 18.5 Å². The normalized spacial score (nSPS) is 14.2. The molecule has 0 radical (unpaired) electrons. The van der Waals surface area contributed by atoms with Gasteiger partial charge in [-0.15, -0.1) is 0 Å². The van der Waals surface area contributed by atoms with Gasteiger partial charge in [0.05, 0.1) is 12.7 Å². The standard InChI is InChI=1S/C15H26N2O4/c1-17(8-13(18)10-20-2)9-14(19)11-21-15-5-3-4-12(6-15)7-16/h3-6,13-14,18-19H,7-11,16H2,1-2H3. The lowest BCUT2D eigenvalue weighted by molar-refractivity contribution is 0.0243. The van der Waals surface area contributed by atoms with Crippen molar-refractivity contribution in [2.75, 3.05) is 40.5 Å². The molecule has 2 unspecified atom stereocenters. The van der Waals surface area contributed by atoms with Gasteiger partial charge in [-0.05, 0) is 24.7 Å². The number of nitrogens with zero attached hydrogens (tertiary/aromatic N) is 1. The van der Waals surface area contributed by atoms with Crippen LogP contribution < -0.4 is 10.5 Å². The van der Waals surface area contributed by atoms with E-state index in [0.717, 1.165) is 5.56 Å². The average molecular weight is 298 g/mol. The van der Waals surface area contributed by atoms with E-state index in [4.69, 9.17) is 15.2 Å². The Kier molecular flexibility index (Phi) is 8.26. The van der Waals surface area contributed by atoms with Gasteiger partial charge in [-0.2, -0.15) is 0 Å². The van der Waals surface area contributed by atoms with Crippen LogP contribution in [0.2, 0.25) is 0 Å². The molecule has 0 fully saturated rings. The van der Waals surface area contributed by atoms with E-state index in [0.29, 0.717) is 25.4 Å². The van der Waals surface area contributed by atoms with Crippen molar-refractivity contribution in [2.24, 2.45) is 5.73 Å². The van der Waals surface area contributed by atoms with Crippen LogP contribution in [0.4, 0.5) is 0 Å². The van der Waals surface area contributed by atoms with Gasteiger partial charge in [0.15, 0.2) is 0 Å². The Morgan fingerprint density at radius 3 is 2.48 bits per heavy atom.